The van der Waals surface area contributed by atoms with Gasteiger partial charge in [-0.1, -0.05) is 43.2 Å². The number of rotatable bonds is 9. The highest BCUT2D eigenvalue weighted by atomic mass is 16.5. The largest absolute Gasteiger partial charge is 0.493 e. The van der Waals surface area contributed by atoms with E-state index >= 15 is 0 Å². The van der Waals surface area contributed by atoms with Gasteiger partial charge in [-0.2, -0.15) is 0 Å². The number of amides is 1. The first-order chi connectivity index (χ1) is 13.9. The third-order valence-electron chi connectivity index (χ3n) is 5.47. The van der Waals surface area contributed by atoms with Gasteiger partial charge in [-0.15, -0.1) is 0 Å². The van der Waals surface area contributed by atoms with Gasteiger partial charge in [-0.25, -0.2) is 4.79 Å². The van der Waals surface area contributed by atoms with Crippen LogP contribution in [0.3, 0.4) is 0 Å². The Morgan fingerprint density at radius 3 is 2.62 bits per heavy atom. The van der Waals surface area contributed by atoms with Crippen LogP contribution < -0.4 is 14.8 Å². The minimum absolute atomic E-state index is 0.0350. The van der Waals surface area contributed by atoms with Gasteiger partial charge in [0.05, 0.1) is 13.7 Å². The molecule has 1 aliphatic carbocycles. The summed E-state index contributed by atoms with van der Waals surface area (Å²) in [7, 11) is 1.54. The minimum Gasteiger partial charge on any atom is -0.493 e. The SMILES string of the molecule is CCC1CC1(NC(=O)c1ccc(OC)c(OCCc2cccc(C)c2)c1)C(=O)O. The van der Waals surface area contributed by atoms with Gasteiger partial charge in [0.2, 0.25) is 0 Å². The number of methoxy groups -OCH3 is 1. The van der Waals surface area contributed by atoms with Gasteiger partial charge in [0.25, 0.3) is 5.91 Å². The van der Waals surface area contributed by atoms with E-state index in [1.165, 1.54) is 18.2 Å². The van der Waals surface area contributed by atoms with Crippen LogP contribution in [-0.2, 0) is 11.2 Å². The number of carboxylic acid groups (broad SMARTS) is 1. The molecule has 3 rings (SSSR count). The zero-order valence-corrected chi connectivity index (χ0v) is 17.0. The number of carbonyl (C=O) groups is 2. The average Bonchev–Trinajstić information content (AvgIpc) is 3.42. The van der Waals surface area contributed by atoms with E-state index in [1.807, 2.05) is 32.0 Å². The molecule has 1 saturated carbocycles. The highest BCUT2D eigenvalue weighted by Gasteiger charge is 2.60. The Labute approximate surface area is 170 Å². The second kappa shape index (κ2) is 8.55. The van der Waals surface area contributed by atoms with Crippen molar-refractivity contribution in [2.24, 2.45) is 5.92 Å². The summed E-state index contributed by atoms with van der Waals surface area (Å²) in [5.74, 6) is -0.459. The molecule has 1 amide bonds. The molecule has 154 valence electrons. The molecule has 0 saturated heterocycles. The van der Waals surface area contributed by atoms with Crippen molar-refractivity contribution in [3.05, 3.63) is 59.2 Å². The second-order valence-electron chi connectivity index (χ2n) is 7.49. The van der Waals surface area contributed by atoms with Crippen molar-refractivity contribution in [1.82, 2.24) is 5.32 Å². The summed E-state index contributed by atoms with van der Waals surface area (Å²) in [6.45, 7) is 4.40. The fourth-order valence-electron chi connectivity index (χ4n) is 3.64. The second-order valence-corrected chi connectivity index (χ2v) is 7.49. The molecule has 0 aliphatic heterocycles. The number of hydrogen-bond acceptors (Lipinski definition) is 4. The third-order valence-corrected chi connectivity index (χ3v) is 5.47. The number of nitrogens with one attached hydrogen (secondary N) is 1. The van der Waals surface area contributed by atoms with Crippen LogP contribution in [0.4, 0.5) is 0 Å². The average molecular weight is 397 g/mol. The van der Waals surface area contributed by atoms with E-state index in [1.54, 1.807) is 18.2 Å². The molecule has 2 aromatic rings. The first-order valence-electron chi connectivity index (χ1n) is 9.82. The Hall–Kier alpha value is -3.02. The molecule has 2 unspecified atom stereocenters. The Kier molecular flexibility index (Phi) is 6.11. The number of carbonyl (C=O) groups excluding carboxylic acids is 1. The van der Waals surface area contributed by atoms with E-state index in [2.05, 4.69) is 11.4 Å². The molecular formula is C23H27NO5. The smallest absolute Gasteiger partial charge is 0.329 e. The number of benzene rings is 2. The van der Waals surface area contributed by atoms with Gasteiger partial charge in [-0.05, 0) is 43.0 Å². The summed E-state index contributed by atoms with van der Waals surface area (Å²) < 4.78 is 11.2. The van der Waals surface area contributed by atoms with Crippen molar-refractivity contribution >= 4 is 11.9 Å². The summed E-state index contributed by atoms with van der Waals surface area (Å²) in [6.07, 6.45) is 1.89. The highest BCUT2D eigenvalue weighted by molar-refractivity contribution is 5.99. The Bertz CT molecular complexity index is 910. The molecular weight excluding hydrogens is 370 g/mol. The van der Waals surface area contributed by atoms with Gasteiger partial charge >= 0.3 is 5.97 Å². The van der Waals surface area contributed by atoms with E-state index in [9.17, 15) is 14.7 Å². The summed E-state index contributed by atoms with van der Waals surface area (Å²) in [6, 6.07) is 13.1. The Balaban J connectivity index is 1.69. The molecule has 6 heteroatoms. The molecule has 1 aliphatic rings. The zero-order valence-electron chi connectivity index (χ0n) is 17.0. The lowest BCUT2D eigenvalue weighted by atomic mass is 10.1. The van der Waals surface area contributed by atoms with Crippen molar-refractivity contribution in [3.63, 3.8) is 0 Å². The molecule has 2 atom stereocenters. The number of aliphatic carboxylic acids is 1. The fourth-order valence-corrected chi connectivity index (χ4v) is 3.64. The van der Waals surface area contributed by atoms with Crippen LogP contribution in [0.2, 0.25) is 0 Å². The van der Waals surface area contributed by atoms with E-state index in [0.717, 1.165) is 6.42 Å². The molecule has 0 bridgehead atoms. The lowest BCUT2D eigenvalue weighted by molar-refractivity contribution is -0.140. The maximum atomic E-state index is 12.7. The van der Waals surface area contributed by atoms with Crippen molar-refractivity contribution in [1.29, 1.82) is 0 Å². The van der Waals surface area contributed by atoms with E-state index in [4.69, 9.17) is 9.47 Å². The predicted octanol–water partition coefficient (Wildman–Crippen LogP) is 3.61. The number of hydrogen-bond donors (Lipinski definition) is 2. The first kappa shape index (κ1) is 20.7. The summed E-state index contributed by atoms with van der Waals surface area (Å²) in [4.78, 5) is 24.3. The van der Waals surface area contributed by atoms with Gasteiger partial charge < -0.3 is 19.9 Å². The molecule has 1 fully saturated rings. The van der Waals surface area contributed by atoms with Crippen molar-refractivity contribution < 1.29 is 24.2 Å². The Morgan fingerprint density at radius 2 is 2.00 bits per heavy atom. The van der Waals surface area contributed by atoms with Crippen LogP contribution in [0.25, 0.3) is 0 Å². The standard InChI is InChI=1S/C23H27NO5/c1-4-18-14-23(18,22(26)27)24-21(25)17-8-9-19(28-3)20(13-17)29-11-10-16-7-5-6-15(2)12-16/h5-9,12-13,18H,4,10-11,14H2,1-3H3,(H,24,25)(H,26,27). The van der Waals surface area contributed by atoms with Crippen molar-refractivity contribution in [3.8, 4) is 11.5 Å². The molecule has 29 heavy (non-hydrogen) atoms. The molecule has 0 spiro atoms. The van der Waals surface area contributed by atoms with E-state index < -0.39 is 17.4 Å². The summed E-state index contributed by atoms with van der Waals surface area (Å²) >= 11 is 0. The monoisotopic (exact) mass is 397 g/mol. The van der Waals surface area contributed by atoms with Crippen LogP contribution in [0.5, 0.6) is 11.5 Å². The molecule has 0 radical (unpaired) electrons. The van der Waals surface area contributed by atoms with Crippen molar-refractivity contribution in [2.45, 2.75) is 38.6 Å². The minimum atomic E-state index is -1.15. The fraction of sp³-hybridized carbons (Fsp3) is 0.391. The maximum Gasteiger partial charge on any atom is 0.329 e. The van der Waals surface area contributed by atoms with E-state index in [-0.39, 0.29) is 5.92 Å². The zero-order chi connectivity index (χ0) is 21.0. The van der Waals surface area contributed by atoms with Crippen LogP contribution in [-0.4, -0.2) is 36.2 Å². The number of carboxylic acids is 1. The number of ether oxygens (including phenoxy) is 2. The summed E-state index contributed by atoms with van der Waals surface area (Å²) in [5.41, 5.74) is 1.55. The van der Waals surface area contributed by atoms with Crippen LogP contribution in [0, 0.1) is 12.8 Å². The van der Waals surface area contributed by atoms with Crippen LogP contribution in [0.1, 0.15) is 41.3 Å². The summed E-state index contributed by atoms with van der Waals surface area (Å²) in [5, 5.41) is 12.2. The van der Waals surface area contributed by atoms with Gasteiger partial charge in [0.15, 0.2) is 11.5 Å². The van der Waals surface area contributed by atoms with Gasteiger partial charge in [0, 0.05) is 12.0 Å². The molecule has 0 heterocycles. The lowest BCUT2D eigenvalue weighted by Gasteiger charge is -2.16. The topological polar surface area (TPSA) is 84.9 Å². The highest BCUT2D eigenvalue weighted by Crippen LogP contribution is 2.46. The van der Waals surface area contributed by atoms with Gasteiger partial charge in [-0.3, -0.25) is 4.79 Å². The normalized spacial score (nSPS) is 20.0. The molecule has 0 aromatic heterocycles. The van der Waals surface area contributed by atoms with E-state index in [0.29, 0.717) is 36.5 Å². The maximum absolute atomic E-state index is 12.7. The molecule has 6 nitrogen and oxygen atoms in total. The molecule has 2 aromatic carbocycles. The predicted molar refractivity (Wildman–Crippen MR) is 110 cm³/mol. The first-order valence-corrected chi connectivity index (χ1v) is 9.82. The van der Waals surface area contributed by atoms with Crippen LogP contribution in [0.15, 0.2) is 42.5 Å². The van der Waals surface area contributed by atoms with Gasteiger partial charge in [0.1, 0.15) is 5.54 Å². The third kappa shape index (κ3) is 4.53. The quantitative estimate of drug-likeness (QED) is 0.675. The lowest BCUT2D eigenvalue weighted by Crippen LogP contribution is -2.44. The van der Waals surface area contributed by atoms with Crippen LogP contribution >= 0.6 is 0 Å². The number of aryl methyl sites for hydroxylation is 1. The Morgan fingerprint density at radius 1 is 1.21 bits per heavy atom. The van der Waals surface area contributed by atoms with Crippen molar-refractivity contribution in [2.75, 3.05) is 13.7 Å². The molecule has 2 N–H and O–H groups in total.